The molecule has 2 aromatic carbocycles. The van der Waals surface area contributed by atoms with Crippen LogP contribution in [-0.2, 0) is 0 Å². The number of rotatable bonds is 4. The van der Waals surface area contributed by atoms with Crippen molar-refractivity contribution in [2.45, 2.75) is 31.2 Å². The van der Waals surface area contributed by atoms with Crippen molar-refractivity contribution in [3.05, 3.63) is 53.1 Å². The number of ether oxygens (including phenoxy) is 2. The number of carbonyl (C=O) groups is 1. The van der Waals surface area contributed by atoms with Gasteiger partial charge in [-0.3, -0.25) is 0 Å². The van der Waals surface area contributed by atoms with Crippen molar-refractivity contribution in [1.82, 2.24) is 0 Å². The number of hydrogen-bond acceptors (Lipinski definition) is 4. The lowest BCUT2D eigenvalue weighted by molar-refractivity contribution is 0.0697. The van der Waals surface area contributed by atoms with Crippen LogP contribution in [0.25, 0.3) is 0 Å². The van der Waals surface area contributed by atoms with Crippen molar-refractivity contribution in [3.8, 4) is 11.5 Å². The van der Waals surface area contributed by atoms with Crippen LogP contribution in [0.3, 0.4) is 0 Å². The summed E-state index contributed by atoms with van der Waals surface area (Å²) in [5, 5.41) is 13.4. The summed E-state index contributed by atoms with van der Waals surface area (Å²) in [4.78, 5) is 11.9. The molecule has 0 aromatic heterocycles. The van der Waals surface area contributed by atoms with E-state index in [1.807, 2.05) is 18.2 Å². The number of methoxy groups -OCH3 is 2. The molecule has 0 radical (unpaired) electrons. The van der Waals surface area contributed by atoms with Gasteiger partial charge in [-0.2, -0.15) is 0 Å². The fourth-order valence-electron chi connectivity index (χ4n) is 6.07. The number of benzene rings is 2. The van der Waals surface area contributed by atoms with Gasteiger partial charge in [-0.15, -0.1) is 0 Å². The van der Waals surface area contributed by atoms with Gasteiger partial charge >= 0.3 is 5.97 Å². The van der Waals surface area contributed by atoms with E-state index < -0.39 is 5.97 Å². The van der Waals surface area contributed by atoms with Gasteiger partial charge in [-0.25, -0.2) is 4.79 Å². The van der Waals surface area contributed by atoms with Crippen LogP contribution in [-0.4, -0.2) is 25.3 Å². The zero-order valence-corrected chi connectivity index (χ0v) is 16.1. The number of carboxylic acid groups (broad SMARTS) is 1. The lowest BCUT2D eigenvalue weighted by Crippen LogP contribution is -2.36. The molecule has 2 aliphatic carbocycles. The van der Waals surface area contributed by atoms with E-state index in [0.29, 0.717) is 40.7 Å². The highest BCUT2D eigenvalue weighted by Crippen LogP contribution is 2.64. The Bertz CT molecular complexity index is 940. The summed E-state index contributed by atoms with van der Waals surface area (Å²) in [6.07, 6.45) is 3.77. The maximum absolute atomic E-state index is 11.9. The molecular formula is C23H25NO4. The second kappa shape index (κ2) is 6.43. The SMILES string of the molecule is COc1ccc([C@@H]2Nc3c(C(=O)O)cccc3[C@@H]3[C@H]4CC[C@@H](C4)[C@H]32)cc1OC. The number of para-hydroxylation sites is 1. The molecule has 5 heteroatoms. The first kappa shape index (κ1) is 17.4. The van der Waals surface area contributed by atoms with Crippen molar-refractivity contribution in [1.29, 1.82) is 0 Å². The van der Waals surface area contributed by atoms with E-state index in [-0.39, 0.29) is 6.04 Å². The third-order valence-corrected chi connectivity index (χ3v) is 7.12. The molecule has 2 fully saturated rings. The molecule has 0 amide bonds. The van der Waals surface area contributed by atoms with E-state index in [1.54, 1.807) is 20.3 Å². The van der Waals surface area contributed by atoms with Gasteiger partial charge in [0.25, 0.3) is 0 Å². The third kappa shape index (κ3) is 2.42. The van der Waals surface area contributed by atoms with E-state index in [0.717, 1.165) is 11.3 Å². The number of nitrogens with one attached hydrogen (secondary N) is 1. The lowest BCUT2D eigenvalue weighted by atomic mass is 9.67. The van der Waals surface area contributed by atoms with Gasteiger partial charge in [0.05, 0.1) is 31.5 Å². The fraction of sp³-hybridized carbons (Fsp3) is 0.435. The van der Waals surface area contributed by atoms with E-state index in [1.165, 1.54) is 24.8 Å². The quantitative estimate of drug-likeness (QED) is 0.806. The van der Waals surface area contributed by atoms with Gasteiger partial charge in [0, 0.05) is 0 Å². The van der Waals surface area contributed by atoms with Crippen molar-refractivity contribution < 1.29 is 19.4 Å². The van der Waals surface area contributed by atoms with Crippen LogP contribution in [0.5, 0.6) is 11.5 Å². The number of hydrogen-bond donors (Lipinski definition) is 2. The molecule has 2 aromatic rings. The van der Waals surface area contributed by atoms with Gasteiger partial charge < -0.3 is 19.9 Å². The van der Waals surface area contributed by atoms with Gasteiger partial charge in [0.15, 0.2) is 11.5 Å². The molecule has 146 valence electrons. The van der Waals surface area contributed by atoms with Crippen molar-refractivity contribution in [2.75, 3.05) is 19.5 Å². The molecule has 0 spiro atoms. The second-order valence-electron chi connectivity index (χ2n) is 8.25. The Morgan fingerprint density at radius 3 is 2.61 bits per heavy atom. The molecule has 2 bridgehead atoms. The molecule has 5 nitrogen and oxygen atoms in total. The first-order valence-corrected chi connectivity index (χ1v) is 9.97. The fourth-order valence-corrected chi connectivity index (χ4v) is 6.07. The molecule has 1 heterocycles. The Labute approximate surface area is 164 Å². The maximum atomic E-state index is 11.9. The highest BCUT2D eigenvalue weighted by molar-refractivity contribution is 5.95. The Kier molecular flexibility index (Phi) is 4.00. The molecule has 0 saturated heterocycles. The zero-order chi connectivity index (χ0) is 19.4. The molecule has 1 aliphatic heterocycles. The van der Waals surface area contributed by atoms with Crippen LogP contribution in [0.15, 0.2) is 36.4 Å². The number of anilines is 1. The lowest BCUT2D eigenvalue weighted by Gasteiger charge is -2.44. The molecule has 0 unspecified atom stereocenters. The second-order valence-corrected chi connectivity index (χ2v) is 8.25. The Morgan fingerprint density at radius 1 is 1.07 bits per heavy atom. The Hall–Kier alpha value is -2.69. The zero-order valence-electron chi connectivity index (χ0n) is 16.1. The summed E-state index contributed by atoms with van der Waals surface area (Å²) in [7, 11) is 3.28. The molecular weight excluding hydrogens is 354 g/mol. The van der Waals surface area contributed by atoms with E-state index in [4.69, 9.17) is 9.47 Å². The molecule has 2 N–H and O–H groups in total. The number of aromatic carboxylic acids is 1. The third-order valence-electron chi connectivity index (χ3n) is 7.12. The summed E-state index contributed by atoms with van der Waals surface area (Å²) in [5.74, 6) is 2.78. The summed E-state index contributed by atoms with van der Waals surface area (Å²) in [6, 6.07) is 11.9. The van der Waals surface area contributed by atoms with Crippen LogP contribution >= 0.6 is 0 Å². The monoisotopic (exact) mass is 379 g/mol. The van der Waals surface area contributed by atoms with E-state index in [9.17, 15) is 9.90 Å². The number of fused-ring (bicyclic) bond motifs is 7. The molecule has 2 saturated carbocycles. The van der Waals surface area contributed by atoms with Crippen LogP contribution in [0.2, 0.25) is 0 Å². The molecule has 28 heavy (non-hydrogen) atoms. The topological polar surface area (TPSA) is 67.8 Å². The average molecular weight is 379 g/mol. The largest absolute Gasteiger partial charge is 0.493 e. The van der Waals surface area contributed by atoms with Gasteiger partial charge in [0.2, 0.25) is 0 Å². The van der Waals surface area contributed by atoms with E-state index in [2.05, 4.69) is 17.4 Å². The minimum Gasteiger partial charge on any atom is -0.493 e. The Balaban J connectivity index is 1.65. The van der Waals surface area contributed by atoms with Crippen LogP contribution in [0.4, 0.5) is 5.69 Å². The highest BCUT2D eigenvalue weighted by atomic mass is 16.5. The molecule has 5 atom stereocenters. The average Bonchev–Trinajstić information content (AvgIpc) is 3.34. The highest BCUT2D eigenvalue weighted by Gasteiger charge is 2.54. The van der Waals surface area contributed by atoms with Gasteiger partial charge in [0.1, 0.15) is 0 Å². The Morgan fingerprint density at radius 2 is 1.86 bits per heavy atom. The minimum absolute atomic E-state index is 0.0770. The first-order chi connectivity index (χ1) is 13.6. The smallest absolute Gasteiger partial charge is 0.337 e. The maximum Gasteiger partial charge on any atom is 0.337 e. The number of carboxylic acids is 1. The molecule has 3 aliphatic rings. The minimum atomic E-state index is -0.878. The van der Waals surface area contributed by atoms with Crippen molar-refractivity contribution >= 4 is 11.7 Å². The van der Waals surface area contributed by atoms with Crippen molar-refractivity contribution in [2.24, 2.45) is 17.8 Å². The molecule has 5 rings (SSSR count). The predicted molar refractivity (Wildman–Crippen MR) is 106 cm³/mol. The van der Waals surface area contributed by atoms with Crippen LogP contribution < -0.4 is 14.8 Å². The first-order valence-electron chi connectivity index (χ1n) is 9.97. The van der Waals surface area contributed by atoms with Crippen LogP contribution in [0, 0.1) is 17.8 Å². The summed E-state index contributed by atoms with van der Waals surface area (Å²) >= 11 is 0. The van der Waals surface area contributed by atoms with Crippen molar-refractivity contribution in [3.63, 3.8) is 0 Å². The summed E-state index contributed by atoms with van der Waals surface area (Å²) in [6.45, 7) is 0. The van der Waals surface area contributed by atoms with Crippen LogP contribution in [0.1, 0.15) is 52.7 Å². The summed E-state index contributed by atoms with van der Waals surface area (Å²) in [5.41, 5.74) is 3.48. The van der Waals surface area contributed by atoms with Gasteiger partial charge in [-0.1, -0.05) is 18.2 Å². The summed E-state index contributed by atoms with van der Waals surface area (Å²) < 4.78 is 10.9. The normalized spacial score (nSPS) is 29.6. The predicted octanol–water partition coefficient (Wildman–Crippen LogP) is 4.70. The standard InChI is InChI=1S/C23H25NO4/c1-27-17-9-8-14(11-18(17)28-2)21-20-13-7-6-12(10-13)19(20)15-4-3-5-16(23(25)26)22(15)24-21/h3-5,8-9,11-13,19-21,24H,6-7,10H2,1-2H3,(H,25,26)/t12-,13-,19-,20+,21-/m0/s1. The van der Waals surface area contributed by atoms with E-state index >= 15 is 0 Å². The van der Waals surface area contributed by atoms with Gasteiger partial charge in [-0.05, 0) is 72.3 Å².